The number of pyridine rings is 1. The number of benzene rings is 2. The lowest BCUT2D eigenvalue weighted by molar-refractivity contribution is 0.0935. The Bertz CT molecular complexity index is 868. The zero-order chi connectivity index (χ0) is 17.6. The molecule has 0 bridgehead atoms. The summed E-state index contributed by atoms with van der Waals surface area (Å²) in [7, 11) is 0. The number of hydrogen-bond donors (Lipinski definition) is 2. The van der Waals surface area contributed by atoms with Crippen LogP contribution in [-0.2, 0) is 0 Å². The average Bonchev–Trinajstić information content (AvgIpc) is 2.64. The molecule has 0 fully saturated rings. The number of nitrogens with one attached hydrogen (secondary N) is 2. The maximum absolute atomic E-state index is 13.7. The normalized spacial score (nSPS) is 11.6. The number of aromatic nitrogens is 1. The second-order valence-electron chi connectivity index (χ2n) is 5.64. The van der Waals surface area contributed by atoms with E-state index in [1.165, 1.54) is 12.3 Å². The lowest BCUT2D eigenvalue weighted by atomic mass is 10.1. The van der Waals surface area contributed by atoms with Crippen LogP contribution in [0.5, 0.6) is 0 Å². The Morgan fingerprint density at radius 2 is 1.76 bits per heavy atom. The highest BCUT2D eigenvalue weighted by atomic mass is 19.1. The molecule has 0 aliphatic carbocycles. The van der Waals surface area contributed by atoms with E-state index in [0.29, 0.717) is 11.4 Å². The standard InChI is InChI=1S/C20H18FN3O/c1-14(15-7-3-2-4-8-15)23-20(25)19-13-16(11-12-22-19)24-18-10-6-5-9-17(18)21/h2-14H,1H3,(H,22,24)(H,23,25). The third-order valence-corrected chi connectivity index (χ3v) is 3.79. The maximum atomic E-state index is 13.7. The van der Waals surface area contributed by atoms with Crippen molar-refractivity contribution in [1.82, 2.24) is 10.3 Å². The van der Waals surface area contributed by atoms with E-state index in [1.807, 2.05) is 37.3 Å². The number of nitrogens with zero attached hydrogens (tertiary/aromatic N) is 1. The number of carbonyl (C=O) groups excluding carboxylic acids is 1. The van der Waals surface area contributed by atoms with Gasteiger partial charge < -0.3 is 10.6 Å². The molecule has 0 radical (unpaired) electrons. The van der Waals surface area contributed by atoms with Crippen LogP contribution in [0.4, 0.5) is 15.8 Å². The van der Waals surface area contributed by atoms with Crippen LogP contribution < -0.4 is 10.6 Å². The van der Waals surface area contributed by atoms with Crippen molar-refractivity contribution in [2.45, 2.75) is 13.0 Å². The van der Waals surface area contributed by atoms with Gasteiger partial charge in [-0.2, -0.15) is 0 Å². The summed E-state index contributed by atoms with van der Waals surface area (Å²) in [5, 5.41) is 5.87. The molecule has 0 saturated carbocycles. The van der Waals surface area contributed by atoms with Gasteiger partial charge in [-0.25, -0.2) is 4.39 Å². The van der Waals surface area contributed by atoms with E-state index in [-0.39, 0.29) is 23.5 Å². The fourth-order valence-electron chi connectivity index (χ4n) is 2.45. The van der Waals surface area contributed by atoms with Gasteiger partial charge in [0.2, 0.25) is 0 Å². The van der Waals surface area contributed by atoms with E-state index in [2.05, 4.69) is 15.6 Å². The van der Waals surface area contributed by atoms with Crippen molar-refractivity contribution in [2.75, 3.05) is 5.32 Å². The quantitative estimate of drug-likeness (QED) is 0.724. The third kappa shape index (κ3) is 4.20. The predicted octanol–water partition coefficient (Wildman–Crippen LogP) is 4.46. The molecule has 5 heteroatoms. The Labute approximate surface area is 145 Å². The molecular formula is C20H18FN3O. The van der Waals surface area contributed by atoms with Crippen LogP contribution in [0, 0.1) is 5.82 Å². The molecule has 1 amide bonds. The minimum atomic E-state index is -0.358. The molecule has 25 heavy (non-hydrogen) atoms. The van der Waals surface area contributed by atoms with Gasteiger partial charge in [-0.05, 0) is 36.8 Å². The first-order valence-electron chi connectivity index (χ1n) is 7.97. The first kappa shape index (κ1) is 16.6. The molecule has 1 unspecified atom stereocenters. The molecule has 4 nitrogen and oxygen atoms in total. The Balaban J connectivity index is 1.72. The highest BCUT2D eigenvalue weighted by molar-refractivity contribution is 5.93. The van der Waals surface area contributed by atoms with Crippen LogP contribution in [-0.4, -0.2) is 10.9 Å². The smallest absolute Gasteiger partial charge is 0.270 e. The van der Waals surface area contributed by atoms with E-state index in [9.17, 15) is 9.18 Å². The third-order valence-electron chi connectivity index (χ3n) is 3.79. The van der Waals surface area contributed by atoms with E-state index in [1.54, 1.807) is 30.3 Å². The van der Waals surface area contributed by atoms with Gasteiger partial charge >= 0.3 is 0 Å². The number of rotatable bonds is 5. The summed E-state index contributed by atoms with van der Waals surface area (Å²) in [6.07, 6.45) is 1.52. The molecule has 2 N–H and O–H groups in total. The fraction of sp³-hybridized carbons (Fsp3) is 0.100. The number of halogens is 1. The predicted molar refractivity (Wildman–Crippen MR) is 96.2 cm³/mol. The van der Waals surface area contributed by atoms with Crippen molar-refractivity contribution in [1.29, 1.82) is 0 Å². The summed E-state index contributed by atoms with van der Waals surface area (Å²) in [4.78, 5) is 16.5. The largest absolute Gasteiger partial charge is 0.353 e. The molecule has 3 aromatic rings. The molecule has 0 aliphatic rings. The van der Waals surface area contributed by atoms with Gasteiger partial charge in [0, 0.05) is 11.9 Å². The second-order valence-corrected chi connectivity index (χ2v) is 5.64. The highest BCUT2D eigenvalue weighted by Crippen LogP contribution is 2.20. The van der Waals surface area contributed by atoms with E-state index in [4.69, 9.17) is 0 Å². The Kier molecular flexibility index (Phi) is 5.04. The zero-order valence-corrected chi connectivity index (χ0v) is 13.7. The summed E-state index contributed by atoms with van der Waals surface area (Å²) in [6, 6.07) is 19.2. The van der Waals surface area contributed by atoms with Gasteiger partial charge in [0.1, 0.15) is 11.5 Å². The molecule has 1 aromatic heterocycles. The Hall–Kier alpha value is -3.21. The topological polar surface area (TPSA) is 54.0 Å². The lowest BCUT2D eigenvalue weighted by Crippen LogP contribution is -2.27. The van der Waals surface area contributed by atoms with Crippen LogP contribution in [0.25, 0.3) is 0 Å². The number of hydrogen-bond acceptors (Lipinski definition) is 3. The van der Waals surface area contributed by atoms with Crippen molar-refractivity contribution in [3.8, 4) is 0 Å². The summed E-state index contributed by atoms with van der Waals surface area (Å²) in [6.45, 7) is 1.91. The van der Waals surface area contributed by atoms with E-state index in [0.717, 1.165) is 5.56 Å². The number of para-hydroxylation sites is 1. The van der Waals surface area contributed by atoms with Crippen LogP contribution in [0.15, 0.2) is 72.9 Å². The first-order chi connectivity index (χ1) is 12.1. The van der Waals surface area contributed by atoms with Gasteiger partial charge in [0.05, 0.1) is 11.7 Å². The van der Waals surface area contributed by atoms with Gasteiger partial charge in [0.25, 0.3) is 5.91 Å². The van der Waals surface area contributed by atoms with Crippen molar-refractivity contribution in [3.63, 3.8) is 0 Å². The van der Waals surface area contributed by atoms with Crippen molar-refractivity contribution >= 4 is 17.3 Å². The average molecular weight is 335 g/mol. The van der Waals surface area contributed by atoms with Crippen molar-refractivity contribution in [3.05, 3.63) is 90.0 Å². The molecule has 0 aliphatic heterocycles. The summed E-state index contributed by atoms with van der Waals surface area (Å²) < 4.78 is 13.7. The second kappa shape index (κ2) is 7.57. The SMILES string of the molecule is CC(NC(=O)c1cc(Nc2ccccc2F)ccn1)c1ccccc1. The van der Waals surface area contributed by atoms with Gasteiger partial charge in [-0.1, -0.05) is 42.5 Å². The van der Waals surface area contributed by atoms with Crippen molar-refractivity contribution in [2.24, 2.45) is 0 Å². The number of amides is 1. The van der Waals surface area contributed by atoms with Gasteiger partial charge in [-0.15, -0.1) is 0 Å². The van der Waals surface area contributed by atoms with Crippen molar-refractivity contribution < 1.29 is 9.18 Å². The maximum Gasteiger partial charge on any atom is 0.270 e. The first-order valence-corrected chi connectivity index (χ1v) is 7.97. The molecule has 126 valence electrons. The number of carbonyl (C=O) groups is 1. The molecular weight excluding hydrogens is 317 g/mol. The highest BCUT2D eigenvalue weighted by Gasteiger charge is 2.13. The Morgan fingerprint density at radius 1 is 1.04 bits per heavy atom. The van der Waals surface area contributed by atoms with Gasteiger partial charge in [0.15, 0.2) is 0 Å². The molecule has 3 rings (SSSR count). The monoisotopic (exact) mass is 335 g/mol. The molecule has 0 saturated heterocycles. The van der Waals surface area contributed by atoms with Crippen LogP contribution >= 0.6 is 0 Å². The zero-order valence-electron chi connectivity index (χ0n) is 13.7. The van der Waals surface area contributed by atoms with Crippen LogP contribution in [0.2, 0.25) is 0 Å². The van der Waals surface area contributed by atoms with Crippen LogP contribution in [0.1, 0.15) is 29.0 Å². The van der Waals surface area contributed by atoms with Gasteiger partial charge in [-0.3, -0.25) is 9.78 Å². The minimum Gasteiger partial charge on any atom is -0.353 e. The minimum absolute atomic E-state index is 0.140. The molecule has 0 spiro atoms. The summed E-state index contributed by atoms with van der Waals surface area (Å²) >= 11 is 0. The molecule has 1 atom stereocenters. The lowest BCUT2D eigenvalue weighted by Gasteiger charge is -2.14. The van der Waals surface area contributed by atoms with E-state index < -0.39 is 0 Å². The summed E-state index contributed by atoms with van der Waals surface area (Å²) in [5.41, 5.74) is 2.22. The van der Waals surface area contributed by atoms with E-state index >= 15 is 0 Å². The number of anilines is 2. The molecule has 2 aromatic carbocycles. The van der Waals surface area contributed by atoms with Crippen LogP contribution in [0.3, 0.4) is 0 Å². The summed E-state index contributed by atoms with van der Waals surface area (Å²) in [5.74, 6) is -0.642. The molecule has 1 heterocycles. The Morgan fingerprint density at radius 3 is 2.52 bits per heavy atom. The fourth-order valence-corrected chi connectivity index (χ4v) is 2.45.